The van der Waals surface area contributed by atoms with Crippen LogP contribution < -0.4 is 0 Å². The van der Waals surface area contributed by atoms with Crippen LogP contribution in [0.2, 0.25) is 0 Å². The Balaban J connectivity index is 2.93. The molecule has 0 aromatic heterocycles. The molecule has 0 aliphatic rings. The van der Waals surface area contributed by atoms with E-state index in [-0.39, 0.29) is 8.08 Å². The molecule has 0 heterocycles. The summed E-state index contributed by atoms with van der Waals surface area (Å²) in [5.41, 5.74) is 0. The molecule has 0 saturated carbocycles. The summed E-state index contributed by atoms with van der Waals surface area (Å²) in [6.07, 6.45) is 0.894. The van der Waals surface area contributed by atoms with E-state index in [1.54, 1.807) is 5.80 Å². The fourth-order valence-electron chi connectivity index (χ4n) is 0.0745. The van der Waals surface area contributed by atoms with E-state index in [1.807, 2.05) is 6.92 Å². The molecule has 2 heteroatoms. The van der Waals surface area contributed by atoms with Crippen molar-refractivity contribution >= 4 is 13.9 Å². The fraction of sp³-hybridized carbons (Fsp3) is 0.667. The van der Waals surface area contributed by atoms with Crippen molar-refractivity contribution in [2.24, 2.45) is 0 Å². The third-order valence-electron chi connectivity index (χ3n) is 0.257. The summed E-state index contributed by atoms with van der Waals surface area (Å²) in [5.74, 6) is 1.67. The Morgan fingerprint density at radius 1 is 2.00 bits per heavy atom. The molecule has 0 aliphatic heterocycles. The molecule has 5 heavy (non-hydrogen) atoms. The molecule has 0 rings (SSSR count). The van der Waals surface area contributed by atoms with Crippen LogP contribution in [0.25, 0.3) is 0 Å². The predicted octanol–water partition coefficient (Wildman–Crippen LogP) is 1.49. The average molecular weight is 89.1 g/mol. The molecule has 0 unspecified atom stereocenters. The van der Waals surface area contributed by atoms with Gasteiger partial charge in [-0.05, 0) is 0 Å². The van der Waals surface area contributed by atoms with E-state index in [0.29, 0.717) is 0 Å². The van der Waals surface area contributed by atoms with Crippen molar-refractivity contribution in [1.29, 1.82) is 0 Å². The summed E-state index contributed by atoms with van der Waals surface area (Å²) in [4.78, 5) is 0. The van der Waals surface area contributed by atoms with Gasteiger partial charge in [-0.2, -0.15) is 0 Å². The van der Waals surface area contributed by atoms with E-state index in [9.17, 15) is 4.57 Å². The van der Waals surface area contributed by atoms with Crippen molar-refractivity contribution in [3.63, 3.8) is 0 Å². The van der Waals surface area contributed by atoms with Gasteiger partial charge in [-0.25, -0.2) is 0 Å². The van der Waals surface area contributed by atoms with Crippen LogP contribution in [0.4, 0.5) is 0 Å². The van der Waals surface area contributed by atoms with Gasteiger partial charge >= 0.3 is 31.8 Å². The Hall–Kier alpha value is 0.100. The fourth-order valence-corrected chi connectivity index (χ4v) is 0.224. The van der Waals surface area contributed by atoms with Gasteiger partial charge in [0.1, 0.15) is 0 Å². The third-order valence-corrected chi connectivity index (χ3v) is 0.771. The second kappa shape index (κ2) is 4.10. The molecular formula is C3H6OP+. The molecule has 0 fully saturated rings. The molecule has 28 valence electrons. The SMILES string of the molecule is CCC=[P+]=O. The Bertz CT molecular complexity index is 53.9. The average Bonchev–Trinajstić information content (AvgIpc) is 1.41. The molecule has 1 nitrogen and oxygen atoms in total. The summed E-state index contributed by atoms with van der Waals surface area (Å²) < 4.78 is 9.45. The van der Waals surface area contributed by atoms with Gasteiger partial charge < -0.3 is 0 Å². The molecule has 0 radical (unpaired) electrons. The normalized spacial score (nSPS) is 6.60. The van der Waals surface area contributed by atoms with E-state index in [2.05, 4.69) is 0 Å². The standard InChI is InChI=1S/C3H6OP/c1-2-3-5-4/h3H,2H2,1H3/q+1. The van der Waals surface area contributed by atoms with Crippen molar-refractivity contribution < 1.29 is 4.57 Å². The Morgan fingerprint density at radius 2 is 2.60 bits per heavy atom. The second-order valence-corrected chi connectivity index (χ2v) is 1.27. The Kier molecular flexibility index (Phi) is 4.18. The summed E-state index contributed by atoms with van der Waals surface area (Å²) in [5, 5.41) is 0. The monoisotopic (exact) mass is 89.0 g/mol. The van der Waals surface area contributed by atoms with E-state index in [1.165, 1.54) is 0 Å². The summed E-state index contributed by atoms with van der Waals surface area (Å²) in [6, 6.07) is 0. The van der Waals surface area contributed by atoms with Gasteiger partial charge in [-0.15, -0.1) is 0 Å². The third kappa shape index (κ3) is 4.10. The Morgan fingerprint density at radius 3 is 2.60 bits per heavy atom. The predicted molar refractivity (Wildman–Crippen MR) is 24.0 cm³/mol. The van der Waals surface area contributed by atoms with E-state index in [4.69, 9.17) is 0 Å². The van der Waals surface area contributed by atoms with Gasteiger partial charge in [-0.3, -0.25) is 0 Å². The first-order chi connectivity index (χ1) is 2.41. The summed E-state index contributed by atoms with van der Waals surface area (Å²) in [6.45, 7) is 1.95. The van der Waals surface area contributed by atoms with E-state index < -0.39 is 0 Å². The molecule has 0 amide bonds. The molecule has 0 aromatic rings. The molecule has 0 aromatic carbocycles. The minimum atomic E-state index is 0.155. The Labute approximate surface area is 32.8 Å². The van der Waals surface area contributed by atoms with E-state index in [0.717, 1.165) is 6.42 Å². The first kappa shape index (κ1) is 5.10. The van der Waals surface area contributed by atoms with Crippen molar-refractivity contribution in [3.05, 3.63) is 0 Å². The van der Waals surface area contributed by atoms with Crippen LogP contribution in [0.15, 0.2) is 0 Å². The number of hydrogen-bond acceptors (Lipinski definition) is 1. The van der Waals surface area contributed by atoms with Crippen LogP contribution in [0.1, 0.15) is 13.3 Å². The van der Waals surface area contributed by atoms with Crippen LogP contribution in [-0.4, -0.2) is 5.80 Å². The molecule has 0 atom stereocenters. The molecular weight excluding hydrogens is 83.0 g/mol. The minimum absolute atomic E-state index is 0.155. The van der Waals surface area contributed by atoms with Gasteiger partial charge in [-0.1, -0.05) is 0 Å². The number of rotatable bonds is 1. The molecule has 0 N–H and O–H groups in total. The van der Waals surface area contributed by atoms with Crippen LogP contribution in [0, 0.1) is 0 Å². The zero-order valence-electron chi connectivity index (χ0n) is 3.14. The quantitative estimate of drug-likeness (QED) is 0.445. The first-order valence-corrected chi connectivity index (χ1v) is 2.44. The van der Waals surface area contributed by atoms with Crippen LogP contribution in [0.5, 0.6) is 0 Å². The molecule has 0 spiro atoms. The van der Waals surface area contributed by atoms with Gasteiger partial charge in [0, 0.05) is 0 Å². The van der Waals surface area contributed by atoms with E-state index >= 15 is 0 Å². The summed E-state index contributed by atoms with van der Waals surface area (Å²) >= 11 is 0. The van der Waals surface area contributed by atoms with Gasteiger partial charge in [0.25, 0.3) is 0 Å². The maximum atomic E-state index is 9.45. The maximum absolute atomic E-state index is 9.45. The van der Waals surface area contributed by atoms with Gasteiger partial charge in [0.2, 0.25) is 0 Å². The van der Waals surface area contributed by atoms with Gasteiger partial charge in [0.05, 0.1) is 0 Å². The summed E-state index contributed by atoms with van der Waals surface area (Å²) in [7, 11) is 0.155. The molecule has 0 bridgehead atoms. The molecule has 0 saturated heterocycles. The van der Waals surface area contributed by atoms with Crippen molar-refractivity contribution in [3.8, 4) is 0 Å². The van der Waals surface area contributed by atoms with Crippen LogP contribution in [-0.2, 0) is 4.57 Å². The van der Waals surface area contributed by atoms with Crippen molar-refractivity contribution in [1.82, 2.24) is 0 Å². The first-order valence-electron chi connectivity index (χ1n) is 1.56. The van der Waals surface area contributed by atoms with Crippen molar-refractivity contribution in [2.75, 3.05) is 0 Å². The van der Waals surface area contributed by atoms with Crippen molar-refractivity contribution in [2.45, 2.75) is 13.3 Å². The second-order valence-electron chi connectivity index (χ2n) is 0.696. The zero-order valence-corrected chi connectivity index (χ0v) is 4.03. The molecule has 0 aliphatic carbocycles. The van der Waals surface area contributed by atoms with Crippen LogP contribution in [0.3, 0.4) is 0 Å². The zero-order chi connectivity index (χ0) is 4.12. The number of hydrogen-bond donors (Lipinski definition) is 0. The van der Waals surface area contributed by atoms with Gasteiger partial charge in [0.15, 0.2) is 0 Å². The van der Waals surface area contributed by atoms with Crippen LogP contribution >= 0.6 is 8.08 Å². The topological polar surface area (TPSA) is 17.1 Å².